The number of aromatic nitrogens is 3. The second-order valence-electron chi connectivity index (χ2n) is 7.09. The third-order valence-corrected chi connectivity index (χ3v) is 4.48. The van der Waals surface area contributed by atoms with Gasteiger partial charge in [-0.25, -0.2) is 9.67 Å². The van der Waals surface area contributed by atoms with Crippen LogP contribution in [0.15, 0.2) is 54.9 Å². The van der Waals surface area contributed by atoms with Crippen LogP contribution < -0.4 is 4.74 Å². The Morgan fingerprint density at radius 2 is 2.04 bits per heavy atom. The monoisotopic (exact) mass is 378 g/mol. The summed E-state index contributed by atoms with van der Waals surface area (Å²) in [4.78, 5) is 19.0. The van der Waals surface area contributed by atoms with Gasteiger partial charge in [0.25, 0.3) is 5.91 Å². The van der Waals surface area contributed by atoms with Crippen molar-refractivity contribution in [2.75, 3.05) is 20.2 Å². The van der Waals surface area contributed by atoms with Crippen LogP contribution >= 0.6 is 0 Å². The Labute approximate surface area is 165 Å². The van der Waals surface area contributed by atoms with E-state index in [2.05, 4.69) is 10.1 Å². The summed E-state index contributed by atoms with van der Waals surface area (Å²) in [5.74, 6) is 1.57. The van der Waals surface area contributed by atoms with Gasteiger partial charge >= 0.3 is 0 Å². The number of carbonyl (C=O) groups is 1. The van der Waals surface area contributed by atoms with E-state index >= 15 is 0 Å². The van der Waals surface area contributed by atoms with Gasteiger partial charge in [0.15, 0.2) is 5.82 Å². The molecule has 146 valence electrons. The van der Waals surface area contributed by atoms with Crippen LogP contribution in [-0.2, 0) is 0 Å². The van der Waals surface area contributed by atoms with Gasteiger partial charge in [-0.05, 0) is 42.7 Å². The number of pyridine rings is 1. The van der Waals surface area contributed by atoms with Gasteiger partial charge in [-0.15, -0.1) is 0 Å². The fourth-order valence-electron chi connectivity index (χ4n) is 3.05. The lowest BCUT2D eigenvalue weighted by Gasteiger charge is -2.19. The number of rotatable bonds is 7. The molecule has 6 heteroatoms. The molecule has 0 saturated carbocycles. The second-order valence-corrected chi connectivity index (χ2v) is 7.09. The van der Waals surface area contributed by atoms with Crippen LogP contribution in [0.1, 0.15) is 41.4 Å². The normalized spacial score (nSPS) is 10.9. The highest BCUT2D eigenvalue weighted by Crippen LogP contribution is 2.23. The largest absolute Gasteiger partial charge is 0.492 e. The maximum absolute atomic E-state index is 13.0. The predicted molar refractivity (Wildman–Crippen MR) is 109 cm³/mol. The van der Waals surface area contributed by atoms with Crippen LogP contribution in [-0.4, -0.2) is 45.8 Å². The molecule has 0 saturated heterocycles. The molecule has 0 aliphatic carbocycles. The Morgan fingerprint density at radius 1 is 1.21 bits per heavy atom. The highest BCUT2D eigenvalue weighted by molar-refractivity contribution is 5.95. The van der Waals surface area contributed by atoms with E-state index in [0.717, 1.165) is 17.0 Å². The molecule has 28 heavy (non-hydrogen) atoms. The average Bonchev–Trinajstić information content (AvgIpc) is 3.13. The number of benzene rings is 1. The molecule has 2 heterocycles. The third kappa shape index (κ3) is 4.39. The average molecular weight is 378 g/mol. The number of hydrogen-bond acceptors (Lipinski definition) is 4. The van der Waals surface area contributed by atoms with Gasteiger partial charge in [-0.3, -0.25) is 4.79 Å². The lowest BCUT2D eigenvalue weighted by Crippen LogP contribution is -2.31. The Bertz CT molecular complexity index is 935. The molecule has 0 atom stereocenters. The van der Waals surface area contributed by atoms with Gasteiger partial charge in [0.2, 0.25) is 0 Å². The van der Waals surface area contributed by atoms with Crippen LogP contribution in [0.2, 0.25) is 0 Å². The molecule has 0 aliphatic rings. The second kappa shape index (κ2) is 8.69. The van der Waals surface area contributed by atoms with Crippen molar-refractivity contribution in [3.63, 3.8) is 0 Å². The van der Waals surface area contributed by atoms with Crippen LogP contribution in [0, 0.1) is 6.92 Å². The molecule has 1 aromatic carbocycles. The minimum absolute atomic E-state index is 0.0706. The van der Waals surface area contributed by atoms with E-state index in [1.807, 2.05) is 63.2 Å². The number of likely N-dealkylation sites (N-methyl/N-ethyl adjacent to an activating group) is 1. The number of carbonyl (C=O) groups excluding carboxylic acids is 1. The van der Waals surface area contributed by atoms with Crippen molar-refractivity contribution in [3.05, 3.63) is 71.7 Å². The highest BCUT2D eigenvalue weighted by atomic mass is 16.5. The summed E-state index contributed by atoms with van der Waals surface area (Å²) in [5.41, 5.74) is 2.60. The minimum Gasteiger partial charge on any atom is -0.492 e. The molecule has 0 unspecified atom stereocenters. The molecule has 0 aliphatic heterocycles. The van der Waals surface area contributed by atoms with Crippen LogP contribution in [0.25, 0.3) is 5.82 Å². The number of aryl methyl sites for hydroxylation is 1. The molecule has 1 amide bonds. The summed E-state index contributed by atoms with van der Waals surface area (Å²) < 4.78 is 7.52. The number of ether oxygens (including phenoxy) is 1. The molecular weight excluding hydrogens is 352 g/mol. The van der Waals surface area contributed by atoms with Gasteiger partial charge in [-0.2, -0.15) is 5.10 Å². The maximum Gasteiger partial charge on any atom is 0.257 e. The molecule has 0 radical (unpaired) electrons. The number of amides is 1. The zero-order chi connectivity index (χ0) is 20.1. The summed E-state index contributed by atoms with van der Waals surface area (Å²) in [6, 6.07) is 13.5. The SMILES string of the molecule is Cc1cccc(OCCN(C)C(=O)c2cnn(-c3ccccn3)c2C(C)C)c1. The summed E-state index contributed by atoms with van der Waals surface area (Å²) in [5, 5.41) is 4.42. The Hall–Kier alpha value is -3.15. The predicted octanol–water partition coefficient (Wildman–Crippen LogP) is 3.85. The van der Waals surface area contributed by atoms with E-state index in [9.17, 15) is 4.79 Å². The highest BCUT2D eigenvalue weighted by Gasteiger charge is 2.23. The van der Waals surface area contributed by atoms with Crippen LogP contribution in [0.3, 0.4) is 0 Å². The third-order valence-electron chi connectivity index (χ3n) is 4.48. The zero-order valence-electron chi connectivity index (χ0n) is 16.8. The molecular formula is C22H26N4O2. The maximum atomic E-state index is 13.0. The van der Waals surface area contributed by atoms with Crippen molar-refractivity contribution >= 4 is 5.91 Å². The quantitative estimate of drug-likeness (QED) is 0.627. The van der Waals surface area contributed by atoms with Gasteiger partial charge < -0.3 is 9.64 Å². The van der Waals surface area contributed by atoms with Crippen LogP contribution in [0.5, 0.6) is 5.75 Å². The smallest absolute Gasteiger partial charge is 0.257 e. The van der Waals surface area contributed by atoms with Crippen molar-refractivity contribution in [2.45, 2.75) is 26.7 Å². The number of hydrogen-bond donors (Lipinski definition) is 0. The lowest BCUT2D eigenvalue weighted by molar-refractivity contribution is 0.0772. The first-order valence-corrected chi connectivity index (χ1v) is 9.41. The van der Waals surface area contributed by atoms with E-state index < -0.39 is 0 Å². The van der Waals surface area contributed by atoms with Crippen molar-refractivity contribution < 1.29 is 9.53 Å². The Morgan fingerprint density at radius 3 is 2.71 bits per heavy atom. The summed E-state index contributed by atoms with van der Waals surface area (Å²) in [6.45, 7) is 7.04. The van der Waals surface area contributed by atoms with E-state index in [1.165, 1.54) is 0 Å². The first-order chi connectivity index (χ1) is 13.5. The van der Waals surface area contributed by atoms with E-state index in [-0.39, 0.29) is 11.8 Å². The summed E-state index contributed by atoms with van der Waals surface area (Å²) >= 11 is 0. The minimum atomic E-state index is -0.0706. The number of nitrogens with zero attached hydrogens (tertiary/aromatic N) is 4. The van der Waals surface area contributed by atoms with Gasteiger partial charge in [-0.1, -0.05) is 32.0 Å². The zero-order valence-corrected chi connectivity index (χ0v) is 16.8. The van der Waals surface area contributed by atoms with Crippen molar-refractivity contribution in [2.24, 2.45) is 0 Å². The fourth-order valence-corrected chi connectivity index (χ4v) is 3.05. The van der Waals surface area contributed by atoms with E-state index in [1.54, 1.807) is 29.0 Å². The van der Waals surface area contributed by atoms with Gasteiger partial charge in [0.1, 0.15) is 12.4 Å². The Kier molecular flexibility index (Phi) is 6.09. The van der Waals surface area contributed by atoms with Crippen molar-refractivity contribution in [3.8, 4) is 11.6 Å². The topological polar surface area (TPSA) is 60.2 Å². The molecule has 6 nitrogen and oxygen atoms in total. The summed E-state index contributed by atoms with van der Waals surface area (Å²) in [6.07, 6.45) is 3.35. The van der Waals surface area contributed by atoms with E-state index in [0.29, 0.717) is 24.5 Å². The van der Waals surface area contributed by atoms with Crippen molar-refractivity contribution in [1.82, 2.24) is 19.7 Å². The molecule has 0 fully saturated rings. The first kappa shape index (κ1) is 19.6. The fraction of sp³-hybridized carbons (Fsp3) is 0.318. The molecule has 3 rings (SSSR count). The molecule has 2 aromatic heterocycles. The summed E-state index contributed by atoms with van der Waals surface area (Å²) in [7, 11) is 1.78. The molecule has 0 bridgehead atoms. The Balaban J connectivity index is 1.72. The molecule has 0 N–H and O–H groups in total. The van der Waals surface area contributed by atoms with E-state index in [4.69, 9.17) is 4.74 Å². The molecule has 0 spiro atoms. The first-order valence-electron chi connectivity index (χ1n) is 9.41. The van der Waals surface area contributed by atoms with Crippen molar-refractivity contribution in [1.29, 1.82) is 0 Å². The van der Waals surface area contributed by atoms with Crippen LogP contribution in [0.4, 0.5) is 0 Å². The van der Waals surface area contributed by atoms with Gasteiger partial charge in [0.05, 0.1) is 24.0 Å². The molecule has 3 aromatic rings. The standard InChI is InChI=1S/C22H26N4O2/c1-16(2)21-19(15-24-26(21)20-10-5-6-11-23-20)22(27)25(4)12-13-28-18-9-7-8-17(3)14-18/h5-11,14-16H,12-13H2,1-4H3. The lowest BCUT2D eigenvalue weighted by atomic mass is 10.0. The van der Waals surface area contributed by atoms with Gasteiger partial charge in [0, 0.05) is 13.2 Å².